The summed E-state index contributed by atoms with van der Waals surface area (Å²) in [6.07, 6.45) is 3.72. The summed E-state index contributed by atoms with van der Waals surface area (Å²) in [6.45, 7) is 4.36. The first-order chi connectivity index (χ1) is 10.7. The maximum Gasteiger partial charge on any atom is 0.187 e. The summed E-state index contributed by atoms with van der Waals surface area (Å²) < 4.78 is 0. The molecule has 0 aliphatic heterocycles. The lowest BCUT2D eigenvalue weighted by atomic mass is 9.87. The molecule has 0 saturated carbocycles. The normalized spacial score (nSPS) is 17.3. The summed E-state index contributed by atoms with van der Waals surface area (Å²) in [5, 5.41) is 1.17. The second-order valence-electron chi connectivity index (χ2n) is 5.89. The van der Waals surface area contributed by atoms with Crippen LogP contribution in [0.5, 0.6) is 0 Å². The van der Waals surface area contributed by atoms with Gasteiger partial charge in [0.05, 0.1) is 5.69 Å². The Bertz CT molecular complexity index is 735. The minimum atomic E-state index is -0.0143. The fourth-order valence-electron chi connectivity index (χ4n) is 3.70. The summed E-state index contributed by atoms with van der Waals surface area (Å²) in [4.78, 5) is 16.3. The summed E-state index contributed by atoms with van der Waals surface area (Å²) in [6, 6.07) is 8.21. The number of hydrogen-bond donors (Lipinski definition) is 1. The molecular formula is C19H22ClNO. The summed E-state index contributed by atoms with van der Waals surface area (Å²) in [5.41, 5.74) is 5.68. The van der Waals surface area contributed by atoms with Crippen molar-refractivity contribution >= 4 is 33.9 Å². The van der Waals surface area contributed by atoms with E-state index in [4.69, 9.17) is 11.6 Å². The maximum atomic E-state index is 12.9. The monoisotopic (exact) mass is 315 g/mol. The lowest BCUT2D eigenvalue weighted by molar-refractivity contribution is 0.0949. The zero-order valence-corrected chi connectivity index (χ0v) is 14.0. The lowest BCUT2D eigenvalue weighted by Gasteiger charge is -2.16. The number of alkyl halides is 1. The van der Waals surface area contributed by atoms with Crippen molar-refractivity contribution in [2.24, 2.45) is 5.92 Å². The molecule has 1 aromatic heterocycles. The average molecular weight is 316 g/mol. The van der Waals surface area contributed by atoms with Gasteiger partial charge in [-0.2, -0.15) is 0 Å². The van der Waals surface area contributed by atoms with Crippen LogP contribution in [0.2, 0.25) is 0 Å². The predicted octanol–water partition coefficient (Wildman–Crippen LogP) is 5.57. The fourth-order valence-corrected chi connectivity index (χ4v) is 3.85. The van der Waals surface area contributed by atoms with Gasteiger partial charge in [-0.15, -0.1) is 11.6 Å². The van der Waals surface area contributed by atoms with Crippen molar-refractivity contribution in [3.8, 4) is 0 Å². The Hall–Kier alpha value is -1.54. The molecule has 3 rings (SSSR count). The number of hydrogen-bond acceptors (Lipinski definition) is 1. The number of allylic oxidation sites excluding steroid dienone is 2. The first-order valence-corrected chi connectivity index (χ1v) is 8.69. The van der Waals surface area contributed by atoms with E-state index < -0.39 is 0 Å². The summed E-state index contributed by atoms with van der Waals surface area (Å²) in [7, 11) is 0. The molecule has 1 unspecified atom stereocenters. The number of aromatic nitrogens is 1. The van der Waals surface area contributed by atoms with Gasteiger partial charge in [0, 0.05) is 28.3 Å². The second kappa shape index (κ2) is 6.29. The Labute approximate surface area is 136 Å². The lowest BCUT2D eigenvalue weighted by Crippen LogP contribution is -2.11. The van der Waals surface area contributed by atoms with Crippen LogP contribution in [0.25, 0.3) is 16.5 Å². The molecule has 2 aromatic rings. The second-order valence-corrected chi connectivity index (χ2v) is 6.27. The van der Waals surface area contributed by atoms with Gasteiger partial charge < -0.3 is 4.98 Å². The number of para-hydroxylation sites is 1. The molecule has 1 atom stereocenters. The molecule has 0 bridgehead atoms. The van der Waals surface area contributed by atoms with Crippen LogP contribution in [-0.4, -0.2) is 16.6 Å². The fraction of sp³-hybridized carbons (Fsp3) is 0.421. The Morgan fingerprint density at radius 2 is 1.95 bits per heavy atom. The molecule has 0 amide bonds. The van der Waals surface area contributed by atoms with Crippen molar-refractivity contribution in [2.45, 2.75) is 39.5 Å². The molecule has 0 spiro atoms. The number of halogens is 1. The number of Topliss-reactive ketones (excluding diaryl/α,β-unsaturated/α-hetero) is 1. The third-order valence-electron chi connectivity index (χ3n) is 4.75. The SMILES string of the molecule is CCC(CC)=C1c2c([nH]c3ccccc23)C(=O)C1CCCCl. The molecular weight excluding hydrogens is 294 g/mol. The van der Waals surface area contributed by atoms with E-state index in [1.165, 1.54) is 16.5 Å². The van der Waals surface area contributed by atoms with Crippen LogP contribution < -0.4 is 0 Å². The van der Waals surface area contributed by atoms with Crippen LogP contribution in [-0.2, 0) is 0 Å². The van der Waals surface area contributed by atoms with Gasteiger partial charge >= 0.3 is 0 Å². The van der Waals surface area contributed by atoms with E-state index >= 15 is 0 Å². The highest BCUT2D eigenvalue weighted by molar-refractivity contribution is 6.19. The Morgan fingerprint density at radius 3 is 2.64 bits per heavy atom. The van der Waals surface area contributed by atoms with Crippen molar-refractivity contribution in [1.29, 1.82) is 0 Å². The Morgan fingerprint density at radius 1 is 1.23 bits per heavy atom. The maximum absolute atomic E-state index is 12.9. The zero-order valence-electron chi connectivity index (χ0n) is 13.2. The van der Waals surface area contributed by atoms with E-state index in [-0.39, 0.29) is 11.7 Å². The molecule has 0 saturated heterocycles. The first kappa shape index (κ1) is 15.4. The topological polar surface area (TPSA) is 32.9 Å². The third-order valence-corrected chi connectivity index (χ3v) is 5.01. The number of ketones is 1. The van der Waals surface area contributed by atoms with Crippen LogP contribution in [0.1, 0.15) is 55.6 Å². The van der Waals surface area contributed by atoms with Gasteiger partial charge in [0.25, 0.3) is 0 Å². The van der Waals surface area contributed by atoms with E-state index in [1.54, 1.807) is 0 Å². The van der Waals surface area contributed by atoms with E-state index in [0.717, 1.165) is 42.5 Å². The number of H-pyrrole nitrogens is 1. The number of nitrogens with one attached hydrogen (secondary N) is 1. The smallest absolute Gasteiger partial charge is 0.187 e. The number of fused-ring (bicyclic) bond motifs is 3. The molecule has 22 heavy (non-hydrogen) atoms. The molecule has 2 nitrogen and oxygen atoms in total. The van der Waals surface area contributed by atoms with Crippen molar-refractivity contribution in [3.63, 3.8) is 0 Å². The molecule has 1 aliphatic carbocycles. The number of rotatable bonds is 5. The van der Waals surface area contributed by atoms with Gasteiger partial charge in [0.15, 0.2) is 5.78 Å². The highest BCUT2D eigenvalue weighted by Crippen LogP contribution is 2.46. The molecule has 1 N–H and O–H groups in total. The molecule has 1 aromatic carbocycles. The van der Waals surface area contributed by atoms with Crippen LogP contribution in [0.3, 0.4) is 0 Å². The molecule has 1 aliphatic rings. The van der Waals surface area contributed by atoms with Crippen molar-refractivity contribution in [3.05, 3.63) is 41.1 Å². The van der Waals surface area contributed by atoms with Crippen LogP contribution >= 0.6 is 11.6 Å². The Kier molecular flexibility index (Phi) is 4.39. The summed E-state index contributed by atoms with van der Waals surface area (Å²) >= 11 is 5.87. The summed E-state index contributed by atoms with van der Waals surface area (Å²) in [5.74, 6) is 0.838. The average Bonchev–Trinajstić information content (AvgIpc) is 3.04. The van der Waals surface area contributed by atoms with Crippen molar-refractivity contribution < 1.29 is 4.79 Å². The standard InChI is InChI=1S/C19H22ClNO/c1-3-12(4-2)16-14(9-7-11-20)19(22)18-17(16)13-8-5-6-10-15(13)21-18/h5-6,8,10,14,21H,3-4,7,9,11H2,1-2H3. The zero-order chi connectivity index (χ0) is 15.7. The van der Waals surface area contributed by atoms with Gasteiger partial charge in [-0.05, 0) is 37.3 Å². The number of aromatic amines is 1. The van der Waals surface area contributed by atoms with Crippen LogP contribution in [0, 0.1) is 5.92 Å². The highest BCUT2D eigenvalue weighted by Gasteiger charge is 2.38. The number of benzene rings is 1. The van der Waals surface area contributed by atoms with Gasteiger partial charge in [0.2, 0.25) is 0 Å². The number of carbonyl (C=O) groups is 1. The van der Waals surface area contributed by atoms with Crippen LogP contribution in [0.15, 0.2) is 29.8 Å². The van der Waals surface area contributed by atoms with Gasteiger partial charge in [-0.3, -0.25) is 4.79 Å². The van der Waals surface area contributed by atoms with Crippen molar-refractivity contribution in [1.82, 2.24) is 4.98 Å². The van der Waals surface area contributed by atoms with Gasteiger partial charge in [-0.25, -0.2) is 0 Å². The largest absolute Gasteiger partial charge is 0.352 e. The third kappa shape index (κ3) is 2.30. The quantitative estimate of drug-likeness (QED) is 0.718. The minimum absolute atomic E-state index is 0.0143. The molecule has 116 valence electrons. The molecule has 0 fully saturated rings. The molecule has 3 heteroatoms. The first-order valence-electron chi connectivity index (χ1n) is 8.16. The Balaban J connectivity index is 2.23. The van der Waals surface area contributed by atoms with E-state index in [2.05, 4.69) is 24.9 Å². The number of carbonyl (C=O) groups excluding carboxylic acids is 1. The molecule has 0 radical (unpaired) electrons. The van der Waals surface area contributed by atoms with E-state index in [1.807, 2.05) is 18.2 Å². The van der Waals surface area contributed by atoms with Gasteiger partial charge in [-0.1, -0.05) is 37.6 Å². The van der Waals surface area contributed by atoms with Gasteiger partial charge in [0.1, 0.15) is 0 Å². The van der Waals surface area contributed by atoms with E-state index in [0.29, 0.717) is 5.88 Å². The predicted molar refractivity (Wildman–Crippen MR) is 93.6 cm³/mol. The highest BCUT2D eigenvalue weighted by atomic mass is 35.5. The minimum Gasteiger partial charge on any atom is -0.352 e. The van der Waals surface area contributed by atoms with Crippen molar-refractivity contribution in [2.75, 3.05) is 5.88 Å². The van der Waals surface area contributed by atoms with Crippen LogP contribution in [0.4, 0.5) is 0 Å². The molecule has 1 heterocycles. The van der Waals surface area contributed by atoms with E-state index in [9.17, 15) is 4.79 Å².